The molecule has 0 aliphatic heterocycles. The molecule has 0 fully saturated rings. The Morgan fingerprint density at radius 3 is 2.20 bits per heavy atom. The Bertz CT molecular complexity index is 882. The van der Waals surface area contributed by atoms with Crippen LogP contribution in [0.2, 0.25) is 0 Å². The van der Waals surface area contributed by atoms with Crippen molar-refractivity contribution in [2.45, 2.75) is 6.18 Å². The number of hydrogen-bond donors (Lipinski definition) is 1. The number of carbonyl (C=O) groups excluding carboxylic acids is 1. The topological polar surface area (TPSA) is 80.7 Å². The van der Waals surface area contributed by atoms with Gasteiger partial charge in [0, 0.05) is 30.4 Å². The fourth-order valence-electron chi connectivity index (χ4n) is 2.00. The Kier molecular flexibility index (Phi) is 4.38. The lowest BCUT2D eigenvalue weighted by molar-refractivity contribution is -0.140. The van der Waals surface area contributed by atoms with Gasteiger partial charge in [0.2, 0.25) is 0 Å². The lowest BCUT2D eigenvalue weighted by Crippen LogP contribution is -2.19. The van der Waals surface area contributed by atoms with E-state index in [4.69, 9.17) is 0 Å². The number of nitrogens with zero attached hydrogens (tertiary/aromatic N) is 4. The first-order valence-electron chi connectivity index (χ1n) is 7.02. The fraction of sp³-hybridized carbons (Fsp3) is 0.0625. The molecule has 0 saturated heterocycles. The van der Waals surface area contributed by atoms with Crippen molar-refractivity contribution in [1.82, 2.24) is 19.9 Å². The normalized spacial score (nSPS) is 11.2. The molecule has 3 rings (SSSR count). The summed E-state index contributed by atoms with van der Waals surface area (Å²) in [6.45, 7) is 0. The first-order chi connectivity index (χ1) is 11.9. The minimum absolute atomic E-state index is 0.00143. The molecule has 2 aromatic heterocycles. The summed E-state index contributed by atoms with van der Waals surface area (Å²) in [6.07, 6.45) is -0.316. The minimum Gasteiger partial charge on any atom is -0.305 e. The van der Waals surface area contributed by atoms with E-state index in [1.165, 1.54) is 12.4 Å². The number of amides is 1. The Labute approximate surface area is 139 Å². The number of anilines is 1. The zero-order valence-electron chi connectivity index (χ0n) is 12.5. The maximum Gasteiger partial charge on any atom is 0.437 e. The summed E-state index contributed by atoms with van der Waals surface area (Å²) in [7, 11) is 0. The second-order valence-corrected chi connectivity index (χ2v) is 4.87. The predicted molar refractivity (Wildman–Crippen MR) is 82.5 cm³/mol. The van der Waals surface area contributed by atoms with Crippen molar-refractivity contribution < 1.29 is 18.0 Å². The first-order valence-corrected chi connectivity index (χ1v) is 7.02. The fourth-order valence-corrected chi connectivity index (χ4v) is 2.00. The number of aromatic nitrogens is 4. The second kappa shape index (κ2) is 6.63. The third-order valence-corrected chi connectivity index (χ3v) is 3.14. The van der Waals surface area contributed by atoms with Gasteiger partial charge in [-0.15, -0.1) is 0 Å². The van der Waals surface area contributed by atoms with Gasteiger partial charge in [-0.25, -0.2) is 19.9 Å². The Balaban J connectivity index is 1.81. The van der Waals surface area contributed by atoms with Crippen LogP contribution in [0.4, 0.5) is 19.0 Å². The standard InChI is InChI=1S/C16H10F3N5O/c17-16(18,19)12-14(21-7-6-20-12)24-15(25)11-8-22-13(23-9-11)10-4-2-1-3-5-10/h1-9H,(H,21,24,25). The van der Waals surface area contributed by atoms with E-state index >= 15 is 0 Å². The van der Waals surface area contributed by atoms with Crippen LogP contribution in [0.15, 0.2) is 55.1 Å². The highest BCUT2D eigenvalue weighted by molar-refractivity contribution is 6.03. The molecule has 2 heterocycles. The van der Waals surface area contributed by atoms with Gasteiger partial charge in [-0.05, 0) is 0 Å². The van der Waals surface area contributed by atoms with Gasteiger partial charge in [-0.1, -0.05) is 30.3 Å². The minimum atomic E-state index is -4.73. The van der Waals surface area contributed by atoms with Crippen LogP contribution in [0.3, 0.4) is 0 Å². The molecule has 0 atom stereocenters. The van der Waals surface area contributed by atoms with Crippen LogP contribution in [0, 0.1) is 0 Å². The molecular weight excluding hydrogens is 335 g/mol. The number of carbonyl (C=O) groups is 1. The third-order valence-electron chi connectivity index (χ3n) is 3.14. The molecule has 126 valence electrons. The van der Waals surface area contributed by atoms with E-state index in [2.05, 4.69) is 25.3 Å². The third kappa shape index (κ3) is 3.77. The van der Waals surface area contributed by atoms with Gasteiger partial charge in [0.1, 0.15) is 0 Å². The van der Waals surface area contributed by atoms with Crippen LogP contribution >= 0.6 is 0 Å². The van der Waals surface area contributed by atoms with Crippen molar-refractivity contribution in [2.24, 2.45) is 0 Å². The van der Waals surface area contributed by atoms with E-state index in [9.17, 15) is 18.0 Å². The molecule has 0 unspecified atom stereocenters. The van der Waals surface area contributed by atoms with E-state index in [1.54, 1.807) is 12.1 Å². The number of benzene rings is 1. The molecule has 25 heavy (non-hydrogen) atoms. The molecule has 0 bridgehead atoms. The molecular formula is C16H10F3N5O. The van der Waals surface area contributed by atoms with Gasteiger partial charge < -0.3 is 5.32 Å². The number of halogens is 3. The molecule has 1 N–H and O–H groups in total. The molecule has 1 amide bonds. The summed E-state index contributed by atoms with van der Waals surface area (Å²) in [5.74, 6) is -1.09. The maximum absolute atomic E-state index is 12.9. The zero-order chi connectivity index (χ0) is 17.9. The summed E-state index contributed by atoms with van der Waals surface area (Å²) < 4.78 is 38.6. The molecule has 9 heteroatoms. The summed E-state index contributed by atoms with van der Waals surface area (Å²) in [5.41, 5.74) is -0.522. The Hall–Kier alpha value is -3.36. The predicted octanol–water partition coefficient (Wildman–Crippen LogP) is 3.20. The van der Waals surface area contributed by atoms with Gasteiger partial charge in [0.05, 0.1) is 5.56 Å². The van der Waals surface area contributed by atoms with Gasteiger partial charge in [-0.2, -0.15) is 13.2 Å². The Morgan fingerprint density at radius 2 is 1.56 bits per heavy atom. The highest BCUT2D eigenvalue weighted by Gasteiger charge is 2.36. The summed E-state index contributed by atoms with van der Waals surface area (Å²) in [4.78, 5) is 27.0. The number of rotatable bonds is 3. The molecule has 6 nitrogen and oxygen atoms in total. The zero-order valence-corrected chi connectivity index (χ0v) is 12.5. The van der Waals surface area contributed by atoms with Crippen LogP contribution in [0.5, 0.6) is 0 Å². The number of alkyl halides is 3. The van der Waals surface area contributed by atoms with Crippen molar-refractivity contribution in [3.05, 3.63) is 66.4 Å². The lowest BCUT2D eigenvalue weighted by atomic mass is 10.2. The van der Waals surface area contributed by atoms with Gasteiger partial charge >= 0.3 is 6.18 Å². The monoisotopic (exact) mass is 345 g/mol. The first kappa shape index (κ1) is 16.5. The number of hydrogen-bond acceptors (Lipinski definition) is 5. The quantitative estimate of drug-likeness (QED) is 0.788. The van der Waals surface area contributed by atoms with Crippen LogP contribution in [-0.4, -0.2) is 25.8 Å². The second-order valence-electron chi connectivity index (χ2n) is 4.87. The highest BCUT2D eigenvalue weighted by Crippen LogP contribution is 2.31. The van der Waals surface area contributed by atoms with Gasteiger partial charge in [-0.3, -0.25) is 4.79 Å². The van der Waals surface area contributed by atoms with E-state index in [-0.39, 0.29) is 5.56 Å². The molecule has 0 spiro atoms. The van der Waals surface area contributed by atoms with Crippen molar-refractivity contribution in [2.75, 3.05) is 5.32 Å². The number of nitrogens with one attached hydrogen (secondary N) is 1. The van der Waals surface area contributed by atoms with Crippen molar-refractivity contribution in [3.8, 4) is 11.4 Å². The van der Waals surface area contributed by atoms with Crippen molar-refractivity contribution in [1.29, 1.82) is 0 Å². The largest absolute Gasteiger partial charge is 0.437 e. The Morgan fingerprint density at radius 1 is 0.920 bits per heavy atom. The highest BCUT2D eigenvalue weighted by atomic mass is 19.4. The molecule has 0 aliphatic carbocycles. The lowest BCUT2D eigenvalue weighted by Gasteiger charge is -2.11. The molecule has 0 saturated carbocycles. The molecule has 0 radical (unpaired) electrons. The maximum atomic E-state index is 12.9. The van der Waals surface area contributed by atoms with E-state index in [1.807, 2.05) is 18.2 Å². The summed E-state index contributed by atoms with van der Waals surface area (Å²) in [6, 6.07) is 9.05. The van der Waals surface area contributed by atoms with E-state index in [0.717, 1.165) is 18.0 Å². The van der Waals surface area contributed by atoms with Crippen LogP contribution in [0.25, 0.3) is 11.4 Å². The smallest absolute Gasteiger partial charge is 0.305 e. The summed E-state index contributed by atoms with van der Waals surface area (Å²) in [5, 5.41) is 2.08. The molecule has 3 aromatic rings. The van der Waals surface area contributed by atoms with Crippen molar-refractivity contribution >= 4 is 11.7 Å². The SMILES string of the molecule is O=C(Nc1nccnc1C(F)(F)F)c1cnc(-c2ccccc2)nc1. The van der Waals surface area contributed by atoms with Crippen LogP contribution in [-0.2, 0) is 6.18 Å². The van der Waals surface area contributed by atoms with Gasteiger partial charge in [0.15, 0.2) is 17.3 Å². The van der Waals surface area contributed by atoms with E-state index < -0.39 is 23.6 Å². The van der Waals surface area contributed by atoms with Gasteiger partial charge in [0.25, 0.3) is 5.91 Å². The molecule has 0 aliphatic rings. The average molecular weight is 345 g/mol. The van der Waals surface area contributed by atoms with Crippen LogP contribution in [0.1, 0.15) is 16.1 Å². The van der Waals surface area contributed by atoms with Crippen molar-refractivity contribution in [3.63, 3.8) is 0 Å². The molecule has 1 aromatic carbocycles. The average Bonchev–Trinajstić information content (AvgIpc) is 2.62. The summed E-state index contributed by atoms with van der Waals surface area (Å²) >= 11 is 0. The van der Waals surface area contributed by atoms with Crippen LogP contribution < -0.4 is 5.32 Å². The van der Waals surface area contributed by atoms with E-state index in [0.29, 0.717) is 5.82 Å².